The quantitative estimate of drug-likeness (QED) is 0.792. The Morgan fingerprint density at radius 2 is 2.16 bits per heavy atom. The van der Waals surface area contributed by atoms with E-state index in [0.717, 1.165) is 5.56 Å². The summed E-state index contributed by atoms with van der Waals surface area (Å²) in [6, 6.07) is 7.33. The van der Waals surface area contributed by atoms with E-state index in [1.54, 1.807) is 23.1 Å². The van der Waals surface area contributed by atoms with Gasteiger partial charge in [0.05, 0.1) is 16.9 Å². The van der Waals surface area contributed by atoms with E-state index in [1.165, 1.54) is 0 Å². The fraction of sp³-hybridized carbons (Fsp3) is 0.0833. The molecule has 7 heteroatoms. The highest BCUT2D eigenvalue weighted by Gasteiger charge is 2.11. The van der Waals surface area contributed by atoms with Crippen LogP contribution in [-0.4, -0.2) is 19.9 Å². The van der Waals surface area contributed by atoms with Gasteiger partial charge in [-0.2, -0.15) is 10.1 Å². The Balaban J connectivity index is 1.86. The molecule has 1 aromatic carbocycles. The van der Waals surface area contributed by atoms with Crippen molar-refractivity contribution in [2.24, 2.45) is 0 Å². The fourth-order valence-corrected chi connectivity index (χ4v) is 1.90. The minimum atomic E-state index is 0.370. The molecule has 0 spiro atoms. The second-order valence-electron chi connectivity index (χ2n) is 3.96. The van der Waals surface area contributed by atoms with Gasteiger partial charge in [0.1, 0.15) is 6.54 Å². The molecule has 3 rings (SSSR count). The van der Waals surface area contributed by atoms with Crippen LogP contribution in [0.2, 0.25) is 5.02 Å². The first-order valence-electron chi connectivity index (χ1n) is 5.58. The Labute approximate surface area is 113 Å². The monoisotopic (exact) mass is 275 g/mol. The Hall–Kier alpha value is -2.34. The Kier molecular flexibility index (Phi) is 2.92. The van der Waals surface area contributed by atoms with Crippen molar-refractivity contribution in [1.29, 1.82) is 0 Å². The average molecular weight is 276 g/mol. The Morgan fingerprint density at radius 3 is 2.89 bits per heavy atom. The summed E-state index contributed by atoms with van der Waals surface area (Å²) >= 11 is 6.08. The van der Waals surface area contributed by atoms with Gasteiger partial charge in [-0.05, 0) is 12.1 Å². The molecule has 6 nitrogen and oxygen atoms in total. The van der Waals surface area contributed by atoms with Crippen molar-refractivity contribution in [2.45, 2.75) is 6.54 Å². The molecule has 96 valence electrons. The Bertz CT molecular complexity index is 705. The van der Waals surface area contributed by atoms with Crippen LogP contribution in [0, 0.1) is 0 Å². The van der Waals surface area contributed by atoms with Crippen LogP contribution in [0.25, 0.3) is 11.4 Å². The van der Waals surface area contributed by atoms with Crippen LogP contribution in [-0.2, 0) is 6.54 Å². The van der Waals surface area contributed by atoms with E-state index < -0.39 is 0 Å². The molecular weight excluding hydrogens is 266 g/mol. The molecule has 2 aromatic heterocycles. The summed E-state index contributed by atoms with van der Waals surface area (Å²) < 4.78 is 6.79. The molecule has 0 atom stereocenters. The van der Waals surface area contributed by atoms with Gasteiger partial charge in [-0.15, -0.1) is 0 Å². The standard InChI is InChI=1S/C12H10ClN5O/c13-10-4-2-1-3-9(10)12-16-11(19-17-12)7-18-6-8(14)5-15-18/h1-6H,7,14H2. The molecule has 0 aliphatic heterocycles. The molecule has 0 aliphatic rings. The molecular formula is C12H10ClN5O. The number of rotatable bonds is 3. The number of anilines is 1. The largest absolute Gasteiger partial charge is 0.396 e. The third-order valence-electron chi connectivity index (χ3n) is 2.53. The smallest absolute Gasteiger partial charge is 0.248 e. The number of nitrogens with zero attached hydrogens (tertiary/aromatic N) is 4. The van der Waals surface area contributed by atoms with E-state index in [2.05, 4.69) is 15.2 Å². The molecule has 0 fully saturated rings. The topological polar surface area (TPSA) is 82.8 Å². The molecule has 0 saturated carbocycles. The molecule has 2 N–H and O–H groups in total. The highest BCUT2D eigenvalue weighted by Crippen LogP contribution is 2.24. The number of benzene rings is 1. The highest BCUT2D eigenvalue weighted by atomic mass is 35.5. The van der Waals surface area contributed by atoms with Crippen molar-refractivity contribution in [3.8, 4) is 11.4 Å². The van der Waals surface area contributed by atoms with Crippen LogP contribution in [0.3, 0.4) is 0 Å². The summed E-state index contributed by atoms with van der Waals surface area (Å²) in [6.45, 7) is 0.370. The molecule has 0 bridgehead atoms. The van der Waals surface area contributed by atoms with Crippen molar-refractivity contribution in [3.63, 3.8) is 0 Å². The van der Waals surface area contributed by atoms with Gasteiger partial charge >= 0.3 is 0 Å². The number of hydrogen-bond donors (Lipinski definition) is 1. The van der Waals surface area contributed by atoms with Crippen LogP contribution in [0.1, 0.15) is 5.89 Å². The first kappa shape index (κ1) is 11.7. The van der Waals surface area contributed by atoms with E-state index in [0.29, 0.717) is 29.0 Å². The lowest BCUT2D eigenvalue weighted by molar-refractivity contribution is 0.366. The van der Waals surface area contributed by atoms with Gasteiger partial charge < -0.3 is 10.3 Å². The minimum absolute atomic E-state index is 0.370. The number of aromatic nitrogens is 4. The molecule has 3 aromatic rings. The van der Waals surface area contributed by atoms with Crippen LogP contribution in [0.4, 0.5) is 5.69 Å². The predicted molar refractivity (Wildman–Crippen MR) is 70.5 cm³/mol. The molecule has 0 radical (unpaired) electrons. The second kappa shape index (κ2) is 4.74. The number of nitrogens with two attached hydrogens (primary N) is 1. The first-order chi connectivity index (χ1) is 9.22. The van der Waals surface area contributed by atoms with Gasteiger partial charge in [0.25, 0.3) is 0 Å². The van der Waals surface area contributed by atoms with Crippen molar-refractivity contribution < 1.29 is 4.52 Å². The molecule has 19 heavy (non-hydrogen) atoms. The van der Waals surface area contributed by atoms with E-state index in [-0.39, 0.29) is 0 Å². The summed E-state index contributed by atoms with van der Waals surface area (Å²) in [6.07, 6.45) is 3.25. The molecule has 0 aliphatic carbocycles. The third-order valence-corrected chi connectivity index (χ3v) is 2.86. The molecule has 0 saturated heterocycles. The zero-order valence-electron chi connectivity index (χ0n) is 9.82. The minimum Gasteiger partial charge on any atom is -0.396 e. The van der Waals surface area contributed by atoms with E-state index >= 15 is 0 Å². The summed E-state index contributed by atoms with van der Waals surface area (Å²) in [5.74, 6) is 0.902. The summed E-state index contributed by atoms with van der Waals surface area (Å²) in [5, 5.41) is 8.54. The maximum Gasteiger partial charge on any atom is 0.248 e. The van der Waals surface area contributed by atoms with E-state index in [1.807, 2.05) is 18.2 Å². The fourth-order valence-electron chi connectivity index (χ4n) is 1.68. The second-order valence-corrected chi connectivity index (χ2v) is 4.37. The van der Waals surface area contributed by atoms with Gasteiger partial charge in [-0.3, -0.25) is 4.68 Å². The summed E-state index contributed by atoms with van der Waals surface area (Å²) in [4.78, 5) is 4.28. The van der Waals surface area contributed by atoms with Crippen molar-refractivity contribution in [3.05, 3.63) is 47.6 Å². The van der Waals surface area contributed by atoms with Crippen molar-refractivity contribution in [2.75, 3.05) is 5.73 Å². The number of hydrogen-bond acceptors (Lipinski definition) is 5. The van der Waals surface area contributed by atoms with E-state index in [4.69, 9.17) is 21.9 Å². The first-order valence-corrected chi connectivity index (χ1v) is 5.95. The van der Waals surface area contributed by atoms with Crippen molar-refractivity contribution in [1.82, 2.24) is 19.9 Å². The lowest BCUT2D eigenvalue weighted by Crippen LogP contribution is -2.00. The third kappa shape index (κ3) is 2.43. The zero-order valence-corrected chi connectivity index (χ0v) is 10.6. The average Bonchev–Trinajstić information content (AvgIpc) is 3.00. The zero-order chi connectivity index (χ0) is 13.2. The van der Waals surface area contributed by atoms with E-state index in [9.17, 15) is 0 Å². The van der Waals surface area contributed by atoms with Crippen LogP contribution in [0.15, 0.2) is 41.2 Å². The van der Waals surface area contributed by atoms with Gasteiger partial charge in [0.2, 0.25) is 11.7 Å². The highest BCUT2D eigenvalue weighted by molar-refractivity contribution is 6.33. The lowest BCUT2D eigenvalue weighted by Gasteiger charge is -1.96. The van der Waals surface area contributed by atoms with Crippen LogP contribution >= 0.6 is 11.6 Å². The molecule has 0 unspecified atom stereocenters. The molecule has 0 amide bonds. The van der Waals surface area contributed by atoms with Gasteiger partial charge in [0.15, 0.2) is 0 Å². The SMILES string of the molecule is Nc1cnn(Cc2nc(-c3ccccc3Cl)no2)c1. The normalized spacial score (nSPS) is 10.8. The maximum atomic E-state index is 6.08. The number of halogens is 1. The Morgan fingerprint density at radius 1 is 1.32 bits per heavy atom. The van der Waals surface area contributed by atoms with Crippen LogP contribution < -0.4 is 5.73 Å². The van der Waals surface area contributed by atoms with Crippen molar-refractivity contribution >= 4 is 17.3 Å². The van der Waals surface area contributed by atoms with Crippen LogP contribution in [0.5, 0.6) is 0 Å². The maximum absolute atomic E-state index is 6.08. The summed E-state index contributed by atoms with van der Waals surface area (Å²) in [5.41, 5.74) is 6.91. The lowest BCUT2D eigenvalue weighted by atomic mass is 10.2. The predicted octanol–water partition coefficient (Wildman–Crippen LogP) is 2.22. The van der Waals surface area contributed by atoms with Gasteiger partial charge in [-0.25, -0.2) is 0 Å². The number of nitrogen functional groups attached to an aromatic ring is 1. The van der Waals surface area contributed by atoms with Gasteiger partial charge in [-0.1, -0.05) is 28.9 Å². The summed E-state index contributed by atoms with van der Waals surface area (Å²) in [7, 11) is 0. The van der Waals surface area contributed by atoms with Gasteiger partial charge in [0, 0.05) is 11.8 Å². The molecule has 2 heterocycles.